The van der Waals surface area contributed by atoms with Crippen molar-refractivity contribution < 1.29 is 0 Å². The molecule has 0 aliphatic carbocycles. The molecule has 3 nitrogen and oxygen atoms in total. The summed E-state index contributed by atoms with van der Waals surface area (Å²) >= 11 is 0. The first-order valence-corrected chi connectivity index (χ1v) is 5.25. The molecular weight excluding hydrogens is 174 g/mol. The van der Waals surface area contributed by atoms with Crippen LogP contribution in [0.4, 0.5) is 0 Å². The lowest BCUT2D eigenvalue weighted by atomic mass is 9.92. The Morgan fingerprint density at radius 1 is 1.43 bits per heavy atom. The Morgan fingerprint density at radius 2 is 1.93 bits per heavy atom. The third-order valence-corrected chi connectivity index (χ3v) is 2.36. The summed E-state index contributed by atoms with van der Waals surface area (Å²) in [4.78, 5) is 2.25. The van der Waals surface area contributed by atoms with Crippen molar-refractivity contribution in [3.05, 3.63) is 0 Å². The van der Waals surface area contributed by atoms with Gasteiger partial charge in [0.2, 0.25) is 0 Å². The van der Waals surface area contributed by atoms with E-state index < -0.39 is 0 Å². The maximum atomic E-state index is 7.30. The quantitative estimate of drug-likeness (QED) is 0.525. The van der Waals surface area contributed by atoms with Gasteiger partial charge in [-0.15, -0.1) is 0 Å². The Bertz CT molecular complexity index is 181. The van der Waals surface area contributed by atoms with Crippen molar-refractivity contribution in [2.45, 2.75) is 34.1 Å². The summed E-state index contributed by atoms with van der Waals surface area (Å²) in [5, 5.41) is 7.30. The summed E-state index contributed by atoms with van der Waals surface area (Å²) in [5.41, 5.74) is 5.81. The van der Waals surface area contributed by atoms with Crippen molar-refractivity contribution >= 4 is 5.84 Å². The predicted octanol–water partition coefficient (Wildman–Crippen LogP) is 1.93. The van der Waals surface area contributed by atoms with Gasteiger partial charge in [-0.2, -0.15) is 0 Å². The zero-order chi connectivity index (χ0) is 11.4. The average molecular weight is 199 g/mol. The molecule has 0 heterocycles. The minimum atomic E-state index is 0.167. The molecule has 0 aromatic heterocycles. The van der Waals surface area contributed by atoms with Crippen LogP contribution >= 0.6 is 0 Å². The van der Waals surface area contributed by atoms with Gasteiger partial charge < -0.3 is 10.6 Å². The molecule has 3 heteroatoms. The first-order valence-electron chi connectivity index (χ1n) is 5.25. The van der Waals surface area contributed by atoms with Crippen molar-refractivity contribution in [1.29, 1.82) is 5.41 Å². The number of rotatable bonds is 5. The van der Waals surface area contributed by atoms with Crippen molar-refractivity contribution in [3.63, 3.8) is 0 Å². The first kappa shape index (κ1) is 13.4. The third kappa shape index (κ3) is 6.89. The number of hydrogen-bond donors (Lipinski definition) is 2. The summed E-state index contributed by atoms with van der Waals surface area (Å²) in [6, 6.07) is 0. The van der Waals surface area contributed by atoms with Crippen LogP contribution in [0.1, 0.15) is 34.1 Å². The molecule has 0 radical (unpaired) electrons. The van der Waals surface area contributed by atoms with Gasteiger partial charge in [-0.25, -0.2) is 0 Å². The summed E-state index contributed by atoms with van der Waals surface area (Å²) in [7, 11) is 2.09. The van der Waals surface area contributed by atoms with Gasteiger partial charge in [0.15, 0.2) is 0 Å². The van der Waals surface area contributed by atoms with Gasteiger partial charge >= 0.3 is 0 Å². The van der Waals surface area contributed by atoms with Crippen LogP contribution in [0.5, 0.6) is 0 Å². The Kier molecular flexibility index (Phi) is 5.13. The number of nitrogens with two attached hydrogens (primary N) is 1. The predicted molar refractivity (Wildman–Crippen MR) is 62.6 cm³/mol. The maximum Gasteiger partial charge on any atom is 0.0947 e. The summed E-state index contributed by atoms with van der Waals surface area (Å²) in [6.07, 6.45) is 1.17. The van der Waals surface area contributed by atoms with E-state index in [1.807, 2.05) is 6.92 Å². The van der Waals surface area contributed by atoms with E-state index in [4.69, 9.17) is 11.1 Å². The van der Waals surface area contributed by atoms with E-state index in [0.717, 1.165) is 13.1 Å². The summed E-state index contributed by atoms with van der Waals surface area (Å²) in [5.74, 6) is 0.451. The second kappa shape index (κ2) is 5.35. The number of amidine groups is 1. The van der Waals surface area contributed by atoms with Gasteiger partial charge in [-0.1, -0.05) is 27.7 Å². The average Bonchev–Trinajstić information content (AvgIpc) is 1.99. The minimum absolute atomic E-state index is 0.167. The van der Waals surface area contributed by atoms with Crippen molar-refractivity contribution in [1.82, 2.24) is 4.90 Å². The van der Waals surface area contributed by atoms with E-state index in [-0.39, 0.29) is 11.8 Å². The van der Waals surface area contributed by atoms with Gasteiger partial charge in [0.05, 0.1) is 5.84 Å². The van der Waals surface area contributed by atoms with Crippen LogP contribution in [0, 0.1) is 16.7 Å². The molecule has 0 saturated heterocycles. The normalized spacial score (nSPS) is 14.4. The van der Waals surface area contributed by atoms with Crippen LogP contribution in [-0.2, 0) is 0 Å². The van der Waals surface area contributed by atoms with Crippen LogP contribution in [0.15, 0.2) is 0 Å². The second-order valence-electron chi connectivity index (χ2n) is 5.43. The van der Waals surface area contributed by atoms with Gasteiger partial charge in [0.25, 0.3) is 0 Å². The molecule has 0 spiro atoms. The number of nitrogens with one attached hydrogen (secondary N) is 1. The van der Waals surface area contributed by atoms with E-state index >= 15 is 0 Å². The fourth-order valence-corrected chi connectivity index (χ4v) is 1.18. The Labute approximate surface area is 88.2 Å². The fourth-order valence-electron chi connectivity index (χ4n) is 1.18. The van der Waals surface area contributed by atoms with Crippen molar-refractivity contribution in [3.8, 4) is 0 Å². The van der Waals surface area contributed by atoms with E-state index in [9.17, 15) is 0 Å². The number of hydrogen-bond acceptors (Lipinski definition) is 2. The monoisotopic (exact) mass is 199 g/mol. The van der Waals surface area contributed by atoms with Crippen LogP contribution in [0.3, 0.4) is 0 Å². The molecule has 1 atom stereocenters. The van der Waals surface area contributed by atoms with Crippen molar-refractivity contribution in [2.75, 3.05) is 20.1 Å². The number of nitrogens with zero attached hydrogens (tertiary/aromatic N) is 1. The SMILES string of the molecule is CC(CN(C)CCC(C)(C)C)C(=N)N. The third-order valence-electron chi connectivity index (χ3n) is 2.36. The topological polar surface area (TPSA) is 53.1 Å². The first-order chi connectivity index (χ1) is 6.22. The molecule has 0 rings (SSSR count). The van der Waals surface area contributed by atoms with Crippen LogP contribution in [0.25, 0.3) is 0 Å². The highest BCUT2D eigenvalue weighted by Gasteiger charge is 2.13. The lowest BCUT2D eigenvalue weighted by molar-refractivity contribution is 0.254. The molecule has 0 amide bonds. The Morgan fingerprint density at radius 3 is 2.29 bits per heavy atom. The van der Waals surface area contributed by atoms with Gasteiger partial charge in [0.1, 0.15) is 0 Å². The van der Waals surface area contributed by atoms with Crippen molar-refractivity contribution in [2.24, 2.45) is 17.1 Å². The highest BCUT2D eigenvalue weighted by atomic mass is 15.1. The second-order valence-corrected chi connectivity index (χ2v) is 5.43. The molecule has 0 aliphatic heterocycles. The largest absolute Gasteiger partial charge is 0.387 e. The molecule has 0 aromatic carbocycles. The fraction of sp³-hybridized carbons (Fsp3) is 0.909. The molecule has 0 bridgehead atoms. The van der Waals surface area contributed by atoms with E-state index in [1.54, 1.807) is 0 Å². The molecule has 0 aliphatic rings. The molecule has 1 unspecified atom stereocenters. The van der Waals surface area contributed by atoms with Gasteiger partial charge in [0, 0.05) is 12.5 Å². The van der Waals surface area contributed by atoms with E-state index in [1.165, 1.54) is 6.42 Å². The zero-order valence-electron chi connectivity index (χ0n) is 10.2. The smallest absolute Gasteiger partial charge is 0.0947 e. The van der Waals surface area contributed by atoms with Gasteiger partial charge in [-0.3, -0.25) is 5.41 Å². The zero-order valence-corrected chi connectivity index (χ0v) is 10.2. The molecule has 14 heavy (non-hydrogen) atoms. The Balaban J connectivity index is 3.76. The van der Waals surface area contributed by atoms with E-state index in [2.05, 4.69) is 32.7 Å². The highest BCUT2D eigenvalue weighted by molar-refractivity contribution is 5.79. The lowest BCUT2D eigenvalue weighted by Gasteiger charge is -2.25. The summed E-state index contributed by atoms with van der Waals surface area (Å²) in [6.45, 7) is 10.7. The standard InChI is InChI=1S/C11H25N3/c1-9(10(12)13)8-14(5)7-6-11(2,3)4/h9H,6-8H2,1-5H3,(H3,12,13). The molecular formula is C11H25N3. The minimum Gasteiger partial charge on any atom is -0.387 e. The lowest BCUT2D eigenvalue weighted by Crippen LogP contribution is -2.33. The Hall–Kier alpha value is -0.570. The highest BCUT2D eigenvalue weighted by Crippen LogP contribution is 2.18. The van der Waals surface area contributed by atoms with Gasteiger partial charge in [-0.05, 0) is 25.4 Å². The molecule has 0 fully saturated rings. The maximum absolute atomic E-state index is 7.30. The van der Waals surface area contributed by atoms with E-state index in [0.29, 0.717) is 5.41 Å². The molecule has 84 valence electrons. The molecule has 3 N–H and O–H groups in total. The molecule has 0 aromatic rings. The summed E-state index contributed by atoms with van der Waals surface area (Å²) < 4.78 is 0. The van der Waals surface area contributed by atoms with Crippen LogP contribution in [0.2, 0.25) is 0 Å². The van der Waals surface area contributed by atoms with Crippen LogP contribution < -0.4 is 5.73 Å². The van der Waals surface area contributed by atoms with Crippen LogP contribution in [-0.4, -0.2) is 30.9 Å². The molecule has 0 saturated carbocycles.